The Balaban J connectivity index is 2.16. The van der Waals surface area contributed by atoms with E-state index < -0.39 is 0 Å². The van der Waals surface area contributed by atoms with E-state index in [1.807, 2.05) is 13.0 Å². The first-order chi connectivity index (χ1) is 7.70. The molecule has 0 spiro atoms. The first-order valence-corrected chi connectivity index (χ1v) is 5.74. The van der Waals surface area contributed by atoms with Gasteiger partial charge in [-0.25, -0.2) is 4.99 Å². The van der Waals surface area contributed by atoms with E-state index in [9.17, 15) is 0 Å². The molecule has 16 heavy (non-hydrogen) atoms. The van der Waals surface area contributed by atoms with Gasteiger partial charge >= 0.3 is 6.08 Å². The second-order valence-corrected chi connectivity index (χ2v) is 4.14. The van der Waals surface area contributed by atoms with E-state index in [4.69, 9.17) is 32.7 Å². The average molecular weight is 260 g/mol. The predicted molar refractivity (Wildman–Crippen MR) is 64.2 cm³/mol. The Kier molecular flexibility index (Phi) is 3.56. The molecule has 0 radical (unpaired) electrons. The van der Waals surface area contributed by atoms with E-state index in [1.165, 1.54) is 0 Å². The molecule has 0 aliphatic carbocycles. The van der Waals surface area contributed by atoms with Crippen LogP contribution in [0.4, 0.5) is 0 Å². The van der Waals surface area contributed by atoms with Crippen LogP contribution in [0.25, 0.3) is 0 Å². The zero-order chi connectivity index (χ0) is 11.5. The summed E-state index contributed by atoms with van der Waals surface area (Å²) in [5.74, 6) is 0. The lowest BCUT2D eigenvalue weighted by Crippen LogP contribution is -2.03. The minimum absolute atomic E-state index is 0.0590. The van der Waals surface area contributed by atoms with E-state index in [2.05, 4.69) is 4.99 Å². The quantitative estimate of drug-likeness (QED) is 0.815. The first-order valence-electron chi connectivity index (χ1n) is 4.99. The molecule has 2 rings (SSSR count). The van der Waals surface area contributed by atoms with Gasteiger partial charge < -0.3 is 9.47 Å². The van der Waals surface area contributed by atoms with Gasteiger partial charge in [0, 0.05) is 0 Å². The molecule has 1 aromatic rings. The number of hydrogen-bond donors (Lipinski definition) is 0. The number of nitrogens with zero attached hydrogens (tertiary/aromatic N) is 1. The molecule has 1 aromatic carbocycles. The second kappa shape index (κ2) is 4.93. The third-order valence-corrected chi connectivity index (χ3v) is 2.96. The fraction of sp³-hybridized carbons (Fsp3) is 0.364. The molecule has 3 nitrogen and oxygen atoms in total. The summed E-state index contributed by atoms with van der Waals surface area (Å²) in [7, 11) is 0. The summed E-state index contributed by atoms with van der Waals surface area (Å²) < 4.78 is 10.5. The van der Waals surface area contributed by atoms with Gasteiger partial charge in [0.15, 0.2) is 0 Å². The van der Waals surface area contributed by atoms with Crippen molar-refractivity contribution < 1.29 is 9.47 Å². The van der Waals surface area contributed by atoms with Crippen molar-refractivity contribution in [3.05, 3.63) is 33.8 Å². The molecule has 0 fully saturated rings. The van der Waals surface area contributed by atoms with E-state index in [1.54, 1.807) is 12.1 Å². The molecular formula is C11H11Cl2NO2. The molecule has 0 saturated carbocycles. The Morgan fingerprint density at radius 1 is 1.44 bits per heavy atom. The van der Waals surface area contributed by atoms with E-state index in [0.717, 1.165) is 5.56 Å². The normalized spacial score (nSPS) is 19.2. The smallest absolute Gasteiger partial charge is 0.384 e. The maximum absolute atomic E-state index is 5.94. The standard InChI is InChI=1S/C11H11Cl2NO2/c1-2-15-11-14-10(6-16-11)7-3-4-8(12)9(13)5-7/h3-5,10H,2,6H2,1H3/t10-/m1/s1. The molecule has 1 heterocycles. The van der Waals surface area contributed by atoms with Gasteiger partial charge in [-0.3, -0.25) is 0 Å². The molecule has 0 bridgehead atoms. The van der Waals surface area contributed by atoms with Gasteiger partial charge in [-0.2, -0.15) is 0 Å². The highest BCUT2D eigenvalue weighted by Crippen LogP contribution is 2.29. The molecule has 0 N–H and O–H groups in total. The predicted octanol–water partition coefficient (Wildman–Crippen LogP) is 3.46. The highest BCUT2D eigenvalue weighted by atomic mass is 35.5. The van der Waals surface area contributed by atoms with Crippen LogP contribution in [0, 0.1) is 0 Å². The second-order valence-electron chi connectivity index (χ2n) is 3.33. The number of aliphatic imine (C=N–C) groups is 1. The van der Waals surface area contributed by atoms with Crippen LogP contribution in [-0.4, -0.2) is 19.3 Å². The minimum Gasteiger partial charge on any atom is -0.451 e. The van der Waals surface area contributed by atoms with Gasteiger partial charge in [0.1, 0.15) is 12.6 Å². The summed E-state index contributed by atoms with van der Waals surface area (Å²) >= 11 is 11.8. The van der Waals surface area contributed by atoms with Gasteiger partial charge in [0.2, 0.25) is 0 Å². The molecule has 0 amide bonds. The fourth-order valence-corrected chi connectivity index (χ4v) is 1.75. The Morgan fingerprint density at radius 2 is 2.25 bits per heavy atom. The number of halogens is 2. The van der Waals surface area contributed by atoms with Crippen LogP contribution >= 0.6 is 23.2 Å². The first kappa shape index (κ1) is 11.6. The van der Waals surface area contributed by atoms with Gasteiger partial charge in [-0.1, -0.05) is 29.3 Å². The summed E-state index contributed by atoms with van der Waals surface area (Å²) in [4.78, 5) is 4.29. The summed E-state index contributed by atoms with van der Waals surface area (Å²) in [6.45, 7) is 2.92. The Morgan fingerprint density at radius 3 is 2.94 bits per heavy atom. The summed E-state index contributed by atoms with van der Waals surface area (Å²) in [6.07, 6.45) is 0.346. The van der Waals surface area contributed by atoms with E-state index in [-0.39, 0.29) is 6.04 Å². The third-order valence-electron chi connectivity index (χ3n) is 2.22. The van der Waals surface area contributed by atoms with Crippen LogP contribution in [0.3, 0.4) is 0 Å². The molecule has 1 aliphatic rings. The summed E-state index contributed by atoms with van der Waals surface area (Å²) in [5, 5.41) is 1.07. The van der Waals surface area contributed by atoms with Crippen molar-refractivity contribution in [3.8, 4) is 0 Å². The topological polar surface area (TPSA) is 30.8 Å². The average Bonchev–Trinajstić information content (AvgIpc) is 2.71. The number of hydrogen-bond acceptors (Lipinski definition) is 3. The molecule has 5 heteroatoms. The van der Waals surface area contributed by atoms with Crippen LogP contribution in [0.5, 0.6) is 0 Å². The Hall–Kier alpha value is -0.930. The van der Waals surface area contributed by atoms with Crippen LogP contribution in [-0.2, 0) is 9.47 Å². The molecule has 0 aromatic heterocycles. The lowest BCUT2D eigenvalue weighted by atomic mass is 10.1. The molecule has 1 aliphatic heterocycles. The van der Waals surface area contributed by atoms with Gasteiger partial charge in [0.05, 0.1) is 16.7 Å². The van der Waals surface area contributed by atoms with Crippen molar-refractivity contribution in [2.75, 3.05) is 13.2 Å². The molecular weight excluding hydrogens is 249 g/mol. The number of benzene rings is 1. The monoisotopic (exact) mass is 259 g/mol. The maximum Gasteiger partial charge on any atom is 0.384 e. The van der Waals surface area contributed by atoms with Crippen LogP contribution in [0.1, 0.15) is 18.5 Å². The van der Waals surface area contributed by atoms with Crippen molar-refractivity contribution >= 4 is 29.3 Å². The molecule has 1 atom stereocenters. The van der Waals surface area contributed by atoms with Gasteiger partial charge in [0.25, 0.3) is 0 Å². The lowest BCUT2D eigenvalue weighted by molar-refractivity contribution is 0.193. The van der Waals surface area contributed by atoms with E-state index in [0.29, 0.717) is 29.3 Å². The van der Waals surface area contributed by atoms with Crippen LogP contribution in [0.2, 0.25) is 10.0 Å². The highest BCUT2D eigenvalue weighted by Gasteiger charge is 2.22. The van der Waals surface area contributed by atoms with Crippen LogP contribution in [0.15, 0.2) is 23.2 Å². The zero-order valence-corrected chi connectivity index (χ0v) is 10.3. The van der Waals surface area contributed by atoms with Crippen molar-refractivity contribution in [3.63, 3.8) is 0 Å². The zero-order valence-electron chi connectivity index (χ0n) is 8.74. The largest absolute Gasteiger partial charge is 0.451 e. The van der Waals surface area contributed by atoms with Crippen LogP contribution < -0.4 is 0 Å². The molecule has 0 unspecified atom stereocenters. The Bertz CT molecular complexity index is 420. The molecule has 0 saturated heterocycles. The molecule has 86 valence electrons. The van der Waals surface area contributed by atoms with Crippen molar-refractivity contribution in [1.29, 1.82) is 0 Å². The SMILES string of the molecule is CCOC1=N[C@@H](c2ccc(Cl)c(Cl)c2)CO1. The maximum atomic E-state index is 5.94. The van der Waals surface area contributed by atoms with Crippen molar-refractivity contribution in [1.82, 2.24) is 0 Å². The van der Waals surface area contributed by atoms with E-state index >= 15 is 0 Å². The Labute approximate surface area is 104 Å². The lowest BCUT2D eigenvalue weighted by Gasteiger charge is -2.05. The van der Waals surface area contributed by atoms with Crippen molar-refractivity contribution in [2.24, 2.45) is 4.99 Å². The number of ether oxygens (including phenoxy) is 2. The minimum atomic E-state index is -0.0590. The van der Waals surface area contributed by atoms with Gasteiger partial charge in [-0.05, 0) is 24.6 Å². The van der Waals surface area contributed by atoms with Gasteiger partial charge in [-0.15, -0.1) is 0 Å². The fourth-order valence-electron chi connectivity index (χ4n) is 1.44. The summed E-state index contributed by atoms with van der Waals surface area (Å²) in [6, 6.07) is 5.39. The van der Waals surface area contributed by atoms with Crippen molar-refractivity contribution in [2.45, 2.75) is 13.0 Å². The summed E-state index contributed by atoms with van der Waals surface area (Å²) in [5.41, 5.74) is 0.976. The number of rotatable bonds is 2. The third kappa shape index (κ3) is 2.42. The highest BCUT2D eigenvalue weighted by molar-refractivity contribution is 6.42.